The average Bonchev–Trinajstić information content (AvgIpc) is 3.47. The van der Waals surface area contributed by atoms with Gasteiger partial charge in [-0.25, -0.2) is 0 Å². The maximum Gasteiger partial charge on any atom is 0.216 e. The standard InChI is InChI=1S/C39H24N4S/c44-39-42-37(24-9-2-1-3-10-24)41-38-40-35-20-18-28(23-36(35)43(38)39)26-12-8-11-25(21-26)27-17-19-33-31-15-5-4-13-29(31)30-14-6-7-16-32(30)34(33)22-27/h1-23H,(H,40,41,42,44). The lowest BCUT2D eigenvalue weighted by Gasteiger charge is -2.12. The van der Waals surface area contributed by atoms with Gasteiger partial charge in [-0.2, -0.15) is 9.97 Å². The summed E-state index contributed by atoms with van der Waals surface area (Å²) in [4.78, 5) is 12.9. The Morgan fingerprint density at radius 3 is 1.70 bits per heavy atom. The number of imidazole rings is 1. The average molecular weight is 581 g/mol. The van der Waals surface area contributed by atoms with Crippen molar-refractivity contribution in [2.75, 3.05) is 0 Å². The van der Waals surface area contributed by atoms with Crippen LogP contribution in [0.2, 0.25) is 0 Å². The predicted octanol–water partition coefficient (Wildman–Crippen LogP) is 10.4. The van der Waals surface area contributed by atoms with E-state index >= 15 is 0 Å². The van der Waals surface area contributed by atoms with Gasteiger partial charge in [-0.1, -0.05) is 115 Å². The van der Waals surface area contributed by atoms with Crippen LogP contribution in [-0.4, -0.2) is 19.4 Å². The van der Waals surface area contributed by atoms with Crippen molar-refractivity contribution in [3.05, 3.63) is 144 Å². The van der Waals surface area contributed by atoms with Crippen molar-refractivity contribution in [3.8, 4) is 33.6 Å². The van der Waals surface area contributed by atoms with E-state index in [1.165, 1.54) is 43.4 Å². The number of fused-ring (bicyclic) bond motifs is 9. The molecule has 0 aliphatic rings. The van der Waals surface area contributed by atoms with Gasteiger partial charge in [0.05, 0.1) is 11.0 Å². The van der Waals surface area contributed by atoms with Gasteiger partial charge in [-0.3, -0.25) is 4.40 Å². The lowest BCUT2D eigenvalue weighted by atomic mass is 9.91. The molecule has 1 N–H and O–H groups in total. The van der Waals surface area contributed by atoms with Crippen molar-refractivity contribution in [1.29, 1.82) is 0 Å². The zero-order chi connectivity index (χ0) is 29.2. The molecule has 2 aromatic heterocycles. The molecule has 44 heavy (non-hydrogen) atoms. The SMILES string of the molecule is S=c1nc(-c2ccccc2)nc2[nH]c3ccc(-c4cccc(-c5ccc6c7ccccc7c7ccccc7c6c5)c4)cc3n12. The summed E-state index contributed by atoms with van der Waals surface area (Å²) in [5.41, 5.74) is 7.46. The third kappa shape index (κ3) is 3.87. The van der Waals surface area contributed by atoms with Crippen molar-refractivity contribution >= 4 is 61.3 Å². The molecule has 0 aliphatic carbocycles. The Morgan fingerprint density at radius 1 is 0.455 bits per heavy atom. The number of hydrogen-bond acceptors (Lipinski definition) is 3. The van der Waals surface area contributed by atoms with Crippen LogP contribution >= 0.6 is 12.2 Å². The van der Waals surface area contributed by atoms with Crippen LogP contribution in [0.15, 0.2) is 140 Å². The highest BCUT2D eigenvalue weighted by molar-refractivity contribution is 7.71. The molecular weight excluding hydrogens is 557 g/mol. The first kappa shape index (κ1) is 24.9. The third-order valence-corrected chi connectivity index (χ3v) is 8.88. The second kappa shape index (κ2) is 9.69. The molecular formula is C39H24N4S. The van der Waals surface area contributed by atoms with Crippen molar-refractivity contribution in [2.24, 2.45) is 0 Å². The topological polar surface area (TPSA) is 46.0 Å². The van der Waals surface area contributed by atoms with E-state index in [1.54, 1.807) is 0 Å². The van der Waals surface area contributed by atoms with Gasteiger partial charge in [0.1, 0.15) is 0 Å². The molecule has 0 amide bonds. The lowest BCUT2D eigenvalue weighted by molar-refractivity contribution is 1.01. The number of nitrogens with zero attached hydrogens (tertiary/aromatic N) is 3. The van der Waals surface area contributed by atoms with Crippen LogP contribution in [0.3, 0.4) is 0 Å². The number of aromatic amines is 1. The summed E-state index contributed by atoms with van der Waals surface area (Å²) in [5.74, 6) is 1.30. The van der Waals surface area contributed by atoms with Gasteiger partial charge in [0, 0.05) is 5.56 Å². The smallest absolute Gasteiger partial charge is 0.216 e. The largest absolute Gasteiger partial charge is 0.323 e. The number of benzene rings is 7. The fourth-order valence-electron chi connectivity index (χ4n) is 6.51. The molecule has 0 aliphatic heterocycles. The number of aromatic nitrogens is 4. The quantitative estimate of drug-likeness (QED) is 0.167. The number of hydrogen-bond donors (Lipinski definition) is 1. The van der Waals surface area contributed by atoms with Gasteiger partial charge in [0.15, 0.2) is 5.82 Å². The Morgan fingerprint density at radius 2 is 1.00 bits per heavy atom. The molecule has 206 valence electrons. The lowest BCUT2D eigenvalue weighted by Crippen LogP contribution is -1.98. The summed E-state index contributed by atoms with van der Waals surface area (Å²) in [7, 11) is 0. The van der Waals surface area contributed by atoms with Gasteiger partial charge in [-0.05, 0) is 91.1 Å². The molecule has 4 nitrogen and oxygen atoms in total. The molecule has 2 heterocycles. The Hall–Kier alpha value is -5.65. The summed E-state index contributed by atoms with van der Waals surface area (Å²) in [6.07, 6.45) is 0. The van der Waals surface area contributed by atoms with E-state index in [0.29, 0.717) is 16.4 Å². The zero-order valence-corrected chi connectivity index (χ0v) is 24.3. The van der Waals surface area contributed by atoms with Crippen LogP contribution in [0.1, 0.15) is 0 Å². The van der Waals surface area contributed by atoms with Crippen molar-refractivity contribution in [3.63, 3.8) is 0 Å². The fourth-order valence-corrected chi connectivity index (χ4v) is 6.78. The maximum absolute atomic E-state index is 5.76. The van der Waals surface area contributed by atoms with Gasteiger partial charge >= 0.3 is 0 Å². The van der Waals surface area contributed by atoms with E-state index in [1.807, 2.05) is 34.7 Å². The summed E-state index contributed by atoms with van der Waals surface area (Å²) in [6, 6.07) is 49.3. The van der Waals surface area contributed by atoms with Crippen molar-refractivity contribution < 1.29 is 0 Å². The second-order valence-electron chi connectivity index (χ2n) is 11.1. The monoisotopic (exact) mass is 580 g/mol. The molecule has 0 saturated heterocycles. The van der Waals surface area contributed by atoms with Crippen LogP contribution in [0.4, 0.5) is 0 Å². The number of rotatable bonds is 3. The minimum Gasteiger partial charge on any atom is -0.323 e. The molecule has 0 saturated carbocycles. The van der Waals surface area contributed by atoms with Crippen molar-refractivity contribution in [2.45, 2.75) is 0 Å². The first-order valence-corrected chi connectivity index (χ1v) is 15.0. The maximum atomic E-state index is 5.76. The van der Waals surface area contributed by atoms with E-state index < -0.39 is 0 Å². The fraction of sp³-hybridized carbons (Fsp3) is 0. The summed E-state index contributed by atoms with van der Waals surface area (Å²) in [5, 5.41) is 7.68. The molecule has 9 rings (SSSR count). The Balaban J connectivity index is 1.17. The molecule has 0 radical (unpaired) electrons. The van der Waals surface area contributed by atoms with Crippen LogP contribution < -0.4 is 0 Å². The summed E-state index contributed by atoms with van der Waals surface area (Å²) < 4.78 is 2.39. The number of H-pyrrole nitrogens is 1. The van der Waals surface area contributed by atoms with Crippen molar-refractivity contribution in [1.82, 2.24) is 19.4 Å². The van der Waals surface area contributed by atoms with Crippen LogP contribution in [-0.2, 0) is 0 Å². The van der Waals surface area contributed by atoms with Gasteiger partial charge in [-0.15, -0.1) is 0 Å². The zero-order valence-electron chi connectivity index (χ0n) is 23.5. The summed E-state index contributed by atoms with van der Waals surface area (Å²) >= 11 is 5.76. The number of nitrogens with one attached hydrogen (secondary N) is 1. The van der Waals surface area contributed by atoms with E-state index in [-0.39, 0.29) is 0 Å². The predicted molar refractivity (Wildman–Crippen MR) is 185 cm³/mol. The molecule has 0 spiro atoms. The van der Waals surface area contributed by atoms with E-state index in [2.05, 4.69) is 119 Å². The molecule has 0 unspecified atom stereocenters. The highest BCUT2D eigenvalue weighted by Crippen LogP contribution is 2.38. The highest BCUT2D eigenvalue weighted by Gasteiger charge is 2.13. The second-order valence-corrected chi connectivity index (χ2v) is 11.5. The Kier molecular flexibility index (Phi) is 5.49. The molecule has 0 fully saturated rings. The van der Waals surface area contributed by atoms with Gasteiger partial charge in [0.2, 0.25) is 10.5 Å². The summed E-state index contributed by atoms with van der Waals surface area (Å²) in [6.45, 7) is 0. The Bertz CT molecular complexity index is 2600. The third-order valence-electron chi connectivity index (χ3n) is 8.61. The molecule has 0 bridgehead atoms. The first-order valence-electron chi connectivity index (χ1n) is 14.6. The van der Waals surface area contributed by atoms with Crippen LogP contribution in [0.25, 0.3) is 82.8 Å². The minimum absolute atomic E-state index is 0.474. The van der Waals surface area contributed by atoms with Crippen LogP contribution in [0, 0.1) is 4.77 Å². The minimum atomic E-state index is 0.474. The molecule has 0 atom stereocenters. The first-order chi connectivity index (χ1) is 21.7. The normalized spacial score (nSPS) is 11.7. The van der Waals surface area contributed by atoms with E-state index in [0.717, 1.165) is 27.7 Å². The van der Waals surface area contributed by atoms with E-state index in [4.69, 9.17) is 17.2 Å². The molecule has 5 heteroatoms. The van der Waals surface area contributed by atoms with Gasteiger partial charge in [0.25, 0.3) is 0 Å². The van der Waals surface area contributed by atoms with E-state index in [9.17, 15) is 0 Å². The Labute approximate surface area is 257 Å². The highest BCUT2D eigenvalue weighted by atomic mass is 32.1. The molecule has 7 aromatic carbocycles. The van der Waals surface area contributed by atoms with Gasteiger partial charge < -0.3 is 4.98 Å². The van der Waals surface area contributed by atoms with Crippen LogP contribution in [0.5, 0.6) is 0 Å². The molecule has 9 aromatic rings.